The summed E-state index contributed by atoms with van der Waals surface area (Å²) >= 11 is 0. The Morgan fingerprint density at radius 1 is 2.00 bits per heavy atom. The normalized spacial score (nSPS) is 9.30. The molecule has 0 aromatic carbocycles. The van der Waals surface area contributed by atoms with Crippen molar-refractivity contribution < 1.29 is 9.53 Å². The van der Waals surface area contributed by atoms with Crippen molar-refractivity contribution in [2.75, 3.05) is 7.11 Å². The van der Waals surface area contributed by atoms with Crippen LogP contribution < -0.4 is 0 Å². The van der Waals surface area contributed by atoms with Gasteiger partial charge in [-0.25, -0.2) is 0 Å². The van der Waals surface area contributed by atoms with Crippen LogP contribution in [0, 0.1) is 6.20 Å². The Balaban J connectivity index is 2.48. The largest absolute Gasteiger partial charge is 0.469 e. The maximum atomic E-state index is 10.6. The Hall–Kier alpha value is -1.32. The summed E-state index contributed by atoms with van der Waals surface area (Å²) in [6.07, 6.45) is 4.43. The zero-order valence-electron chi connectivity index (χ0n) is 5.55. The van der Waals surface area contributed by atoms with E-state index >= 15 is 0 Å². The van der Waals surface area contributed by atoms with Crippen LogP contribution in [0.2, 0.25) is 0 Å². The lowest BCUT2D eigenvalue weighted by molar-refractivity contribution is -0.139. The fraction of sp³-hybridized carbons (Fsp3) is 0.333. The number of carbonyl (C=O) groups excluding carboxylic acids is 1. The molecule has 4 heteroatoms. The third kappa shape index (κ3) is 1.58. The number of ether oxygens (including phenoxy) is 1. The average molecular weight is 139 g/mol. The molecule has 0 aliphatic carbocycles. The van der Waals surface area contributed by atoms with E-state index in [1.54, 1.807) is 0 Å². The molecule has 4 nitrogen and oxygen atoms in total. The molecule has 1 heterocycles. The standard InChI is InChI=1S/C6H7N2O2/c1-10-6(9)2-5-3-7-8-4-5/h3H,2H2,1H3,(H,7,8). The summed E-state index contributed by atoms with van der Waals surface area (Å²) in [5.74, 6) is -0.280. The van der Waals surface area contributed by atoms with Gasteiger partial charge in [0.25, 0.3) is 0 Å². The van der Waals surface area contributed by atoms with E-state index in [0.29, 0.717) is 5.56 Å². The van der Waals surface area contributed by atoms with Gasteiger partial charge in [0.1, 0.15) is 0 Å². The number of carbonyl (C=O) groups is 1. The molecular formula is C6H7N2O2. The molecule has 1 rings (SSSR count). The van der Waals surface area contributed by atoms with Gasteiger partial charge in [0.2, 0.25) is 0 Å². The van der Waals surface area contributed by atoms with Gasteiger partial charge < -0.3 is 4.74 Å². The number of methoxy groups -OCH3 is 1. The molecule has 1 aromatic rings. The van der Waals surface area contributed by atoms with E-state index < -0.39 is 0 Å². The first kappa shape index (κ1) is 6.80. The molecule has 1 N–H and O–H groups in total. The first-order valence-electron chi connectivity index (χ1n) is 2.79. The summed E-state index contributed by atoms with van der Waals surface area (Å²) < 4.78 is 4.42. The van der Waals surface area contributed by atoms with Crippen molar-refractivity contribution in [1.29, 1.82) is 0 Å². The Labute approximate surface area is 58.2 Å². The fourth-order valence-electron chi connectivity index (χ4n) is 0.564. The lowest BCUT2D eigenvalue weighted by Crippen LogP contribution is -2.03. The molecule has 0 bridgehead atoms. The minimum Gasteiger partial charge on any atom is -0.469 e. The number of nitrogens with zero attached hydrogens (tertiary/aromatic N) is 1. The number of hydrogen-bond acceptors (Lipinski definition) is 3. The Morgan fingerprint density at radius 3 is 3.30 bits per heavy atom. The number of rotatable bonds is 2. The van der Waals surface area contributed by atoms with Crippen LogP contribution in [0.4, 0.5) is 0 Å². The van der Waals surface area contributed by atoms with Crippen LogP contribution in [0.5, 0.6) is 0 Å². The summed E-state index contributed by atoms with van der Waals surface area (Å²) in [5.41, 5.74) is 0.715. The fourth-order valence-corrected chi connectivity index (χ4v) is 0.564. The molecule has 0 atom stereocenters. The molecule has 0 spiro atoms. The van der Waals surface area contributed by atoms with Crippen molar-refractivity contribution in [2.24, 2.45) is 0 Å². The Kier molecular flexibility index (Phi) is 2.04. The van der Waals surface area contributed by atoms with E-state index in [9.17, 15) is 4.79 Å². The molecule has 0 unspecified atom stereocenters. The van der Waals surface area contributed by atoms with Crippen LogP contribution in [0.1, 0.15) is 5.56 Å². The highest BCUT2D eigenvalue weighted by atomic mass is 16.5. The smallest absolute Gasteiger partial charge is 0.310 e. The van der Waals surface area contributed by atoms with Gasteiger partial charge in [-0.15, -0.1) is 0 Å². The first-order chi connectivity index (χ1) is 4.83. The number of hydrogen-bond donors (Lipinski definition) is 1. The minimum atomic E-state index is -0.280. The van der Waals surface area contributed by atoms with Crippen molar-refractivity contribution in [2.45, 2.75) is 6.42 Å². The van der Waals surface area contributed by atoms with Crippen molar-refractivity contribution in [3.8, 4) is 0 Å². The lowest BCUT2D eigenvalue weighted by atomic mass is 10.3. The molecule has 1 radical (unpaired) electrons. The SMILES string of the molecule is COC(=O)Cc1[c][nH]nc1. The number of esters is 1. The first-order valence-corrected chi connectivity index (χ1v) is 2.79. The molecule has 0 aliphatic heterocycles. The van der Waals surface area contributed by atoms with E-state index in [2.05, 4.69) is 21.1 Å². The number of H-pyrrole nitrogens is 1. The van der Waals surface area contributed by atoms with Crippen LogP contribution in [0.25, 0.3) is 0 Å². The van der Waals surface area contributed by atoms with Crippen LogP contribution in [0.15, 0.2) is 6.20 Å². The van der Waals surface area contributed by atoms with E-state index in [1.165, 1.54) is 13.3 Å². The molecule has 1 aromatic heterocycles. The predicted octanol–water partition coefficient (Wildman–Crippen LogP) is -0.0746. The molecular weight excluding hydrogens is 132 g/mol. The highest BCUT2D eigenvalue weighted by Gasteiger charge is 2.02. The monoisotopic (exact) mass is 139 g/mol. The van der Waals surface area contributed by atoms with Gasteiger partial charge in [-0.3, -0.25) is 9.89 Å². The Bertz CT molecular complexity index is 206. The summed E-state index contributed by atoms with van der Waals surface area (Å²) in [4.78, 5) is 10.6. The summed E-state index contributed by atoms with van der Waals surface area (Å²) in [7, 11) is 1.35. The quantitative estimate of drug-likeness (QED) is 0.583. The second kappa shape index (κ2) is 3.00. The van der Waals surface area contributed by atoms with Gasteiger partial charge in [0, 0.05) is 5.56 Å². The summed E-state index contributed by atoms with van der Waals surface area (Å²) in [6.45, 7) is 0. The van der Waals surface area contributed by atoms with Gasteiger partial charge in [-0.05, 0) is 0 Å². The van der Waals surface area contributed by atoms with Gasteiger partial charge in [0.15, 0.2) is 0 Å². The van der Waals surface area contributed by atoms with Crippen LogP contribution in [-0.2, 0) is 16.0 Å². The summed E-state index contributed by atoms with van der Waals surface area (Å²) in [5, 5.41) is 6.10. The topological polar surface area (TPSA) is 55.0 Å². The van der Waals surface area contributed by atoms with Gasteiger partial charge >= 0.3 is 5.97 Å². The maximum Gasteiger partial charge on any atom is 0.310 e. The van der Waals surface area contributed by atoms with Gasteiger partial charge in [-0.1, -0.05) is 0 Å². The van der Waals surface area contributed by atoms with Crippen molar-refractivity contribution in [3.05, 3.63) is 18.0 Å². The molecule has 0 amide bonds. The zero-order chi connectivity index (χ0) is 7.40. The highest BCUT2D eigenvalue weighted by Crippen LogP contribution is 1.94. The van der Waals surface area contributed by atoms with E-state index in [4.69, 9.17) is 0 Å². The average Bonchev–Trinajstić information content (AvgIpc) is 2.40. The Morgan fingerprint density at radius 2 is 2.80 bits per heavy atom. The second-order valence-corrected chi connectivity index (χ2v) is 1.77. The highest BCUT2D eigenvalue weighted by molar-refractivity contribution is 5.71. The van der Waals surface area contributed by atoms with Crippen LogP contribution in [-0.4, -0.2) is 23.3 Å². The van der Waals surface area contributed by atoms with Crippen LogP contribution >= 0.6 is 0 Å². The number of aromatic nitrogens is 2. The van der Waals surface area contributed by atoms with Crippen molar-refractivity contribution in [1.82, 2.24) is 10.2 Å². The third-order valence-electron chi connectivity index (χ3n) is 1.06. The minimum absolute atomic E-state index is 0.229. The zero-order valence-corrected chi connectivity index (χ0v) is 5.55. The van der Waals surface area contributed by atoms with E-state index in [-0.39, 0.29) is 12.4 Å². The predicted molar refractivity (Wildman–Crippen MR) is 33.1 cm³/mol. The van der Waals surface area contributed by atoms with Crippen molar-refractivity contribution >= 4 is 5.97 Å². The molecule has 0 saturated heterocycles. The van der Waals surface area contributed by atoms with Gasteiger partial charge in [0.05, 0.1) is 25.9 Å². The molecule has 10 heavy (non-hydrogen) atoms. The van der Waals surface area contributed by atoms with Crippen LogP contribution in [0.3, 0.4) is 0 Å². The maximum absolute atomic E-state index is 10.6. The molecule has 0 fully saturated rings. The third-order valence-corrected chi connectivity index (χ3v) is 1.06. The molecule has 0 saturated carbocycles. The number of nitrogens with one attached hydrogen (secondary N) is 1. The molecule has 0 aliphatic rings. The lowest BCUT2D eigenvalue weighted by Gasteiger charge is -1.92. The van der Waals surface area contributed by atoms with E-state index in [1.807, 2.05) is 0 Å². The number of aromatic amines is 1. The van der Waals surface area contributed by atoms with E-state index in [0.717, 1.165) is 0 Å². The summed E-state index contributed by atoms with van der Waals surface area (Å²) in [6, 6.07) is 0. The second-order valence-electron chi connectivity index (χ2n) is 1.77. The van der Waals surface area contributed by atoms with Crippen molar-refractivity contribution in [3.63, 3.8) is 0 Å². The molecule has 53 valence electrons. The van der Waals surface area contributed by atoms with Gasteiger partial charge in [-0.2, -0.15) is 5.10 Å².